The van der Waals surface area contributed by atoms with Gasteiger partial charge in [-0.1, -0.05) is 6.07 Å². The maximum Gasteiger partial charge on any atom is 0.132 e. The molecule has 1 atom stereocenters. The normalized spacial score (nSPS) is 12.0. The fourth-order valence-corrected chi connectivity index (χ4v) is 1.71. The molecule has 0 saturated heterocycles. The molecule has 0 aromatic heterocycles. The van der Waals surface area contributed by atoms with Crippen molar-refractivity contribution in [3.05, 3.63) is 59.7 Å². The number of aliphatic hydroxyl groups excluding tert-OH is 1. The molecule has 2 aromatic carbocycles. The Kier molecular flexibility index (Phi) is 4.53. The Morgan fingerprint density at radius 1 is 1.05 bits per heavy atom. The summed E-state index contributed by atoms with van der Waals surface area (Å²) in [4.78, 5) is 0. The van der Waals surface area contributed by atoms with Gasteiger partial charge in [0.05, 0.1) is 7.11 Å². The van der Waals surface area contributed by atoms with Gasteiger partial charge in [0.1, 0.15) is 35.8 Å². The lowest BCUT2D eigenvalue weighted by atomic mass is 10.1. The largest absolute Gasteiger partial charge is 0.497 e. The first-order valence-corrected chi connectivity index (χ1v) is 6.00. The van der Waals surface area contributed by atoms with Gasteiger partial charge in [0.25, 0.3) is 0 Å². The van der Waals surface area contributed by atoms with E-state index < -0.39 is 17.7 Å². The van der Waals surface area contributed by atoms with Gasteiger partial charge in [-0.25, -0.2) is 8.78 Å². The van der Waals surface area contributed by atoms with Gasteiger partial charge in [-0.2, -0.15) is 0 Å². The molecule has 0 aliphatic rings. The Balaban J connectivity index is 1.98. The minimum absolute atomic E-state index is 0.0000818. The van der Waals surface area contributed by atoms with Gasteiger partial charge in [-0.05, 0) is 30.3 Å². The van der Waals surface area contributed by atoms with Crippen LogP contribution >= 0.6 is 0 Å². The number of benzene rings is 2. The van der Waals surface area contributed by atoms with Crippen molar-refractivity contribution in [1.82, 2.24) is 0 Å². The zero-order chi connectivity index (χ0) is 14.5. The molecule has 1 N–H and O–H groups in total. The van der Waals surface area contributed by atoms with Gasteiger partial charge in [0, 0.05) is 11.6 Å². The van der Waals surface area contributed by atoms with Crippen LogP contribution in [0.4, 0.5) is 8.78 Å². The van der Waals surface area contributed by atoms with Gasteiger partial charge < -0.3 is 14.6 Å². The molecule has 0 radical (unpaired) electrons. The van der Waals surface area contributed by atoms with Gasteiger partial charge in [0.15, 0.2) is 0 Å². The first-order chi connectivity index (χ1) is 9.60. The van der Waals surface area contributed by atoms with Crippen molar-refractivity contribution in [1.29, 1.82) is 0 Å². The van der Waals surface area contributed by atoms with Crippen LogP contribution in [0.5, 0.6) is 11.5 Å². The molecule has 0 aliphatic heterocycles. The summed E-state index contributed by atoms with van der Waals surface area (Å²) in [6.45, 7) is -0.130. The van der Waals surface area contributed by atoms with Crippen molar-refractivity contribution in [3.63, 3.8) is 0 Å². The fraction of sp³-hybridized carbons (Fsp3) is 0.200. The maximum absolute atomic E-state index is 13.5. The van der Waals surface area contributed by atoms with Crippen molar-refractivity contribution >= 4 is 0 Å². The molecule has 3 nitrogen and oxygen atoms in total. The smallest absolute Gasteiger partial charge is 0.132 e. The highest BCUT2D eigenvalue weighted by molar-refractivity contribution is 5.31. The molecule has 0 bridgehead atoms. The Morgan fingerprint density at radius 2 is 1.70 bits per heavy atom. The van der Waals surface area contributed by atoms with E-state index in [1.54, 1.807) is 31.4 Å². The summed E-state index contributed by atoms with van der Waals surface area (Å²) >= 11 is 0. The molecule has 2 rings (SSSR count). The van der Waals surface area contributed by atoms with E-state index in [0.717, 1.165) is 12.1 Å². The van der Waals surface area contributed by atoms with Crippen LogP contribution in [-0.2, 0) is 0 Å². The number of ether oxygens (including phenoxy) is 2. The Bertz CT molecular complexity index is 570. The van der Waals surface area contributed by atoms with Crippen molar-refractivity contribution in [2.24, 2.45) is 0 Å². The predicted octanol–water partition coefficient (Wildman–Crippen LogP) is 3.09. The first-order valence-electron chi connectivity index (χ1n) is 6.00. The third-order valence-corrected chi connectivity index (χ3v) is 2.79. The molecule has 0 amide bonds. The topological polar surface area (TPSA) is 38.7 Å². The number of hydrogen-bond donors (Lipinski definition) is 1. The van der Waals surface area contributed by atoms with E-state index in [1.807, 2.05) is 0 Å². The minimum Gasteiger partial charge on any atom is -0.497 e. The van der Waals surface area contributed by atoms with Gasteiger partial charge in [-0.15, -0.1) is 0 Å². The van der Waals surface area contributed by atoms with Crippen LogP contribution < -0.4 is 9.47 Å². The molecule has 0 fully saturated rings. The van der Waals surface area contributed by atoms with Crippen LogP contribution in [0.1, 0.15) is 11.7 Å². The van der Waals surface area contributed by atoms with Crippen LogP contribution in [0, 0.1) is 11.6 Å². The summed E-state index contributed by atoms with van der Waals surface area (Å²) in [5.74, 6) is -0.278. The second-order valence-electron chi connectivity index (χ2n) is 4.17. The number of rotatable bonds is 5. The maximum atomic E-state index is 13.5. The van der Waals surface area contributed by atoms with Crippen molar-refractivity contribution in [2.45, 2.75) is 6.10 Å². The van der Waals surface area contributed by atoms with Crippen molar-refractivity contribution in [2.75, 3.05) is 13.7 Å². The van der Waals surface area contributed by atoms with E-state index in [-0.39, 0.29) is 12.2 Å². The highest BCUT2D eigenvalue weighted by Crippen LogP contribution is 2.21. The van der Waals surface area contributed by atoms with Gasteiger partial charge >= 0.3 is 0 Å². The minimum atomic E-state index is -1.17. The standard InChI is InChI=1S/C15H14F2O3/c1-19-11-3-5-12(6-4-11)20-9-15(18)13-7-2-10(16)8-14(13)17/h2-8,15,18H,9H2,1H3. The van der Waals surface area contributed by atoms with Gasteiger partial charge in [0.2, 0.25) is 0 Å². The molecule has 20 heavy (non-hydrogen) atoms. The number of aliphatic hydroxyl groups is 1. The van der Waals surface area contributed by atoms with Crippen LogP contribution in [0.2, 0.25) is 0 Å². The third kappa shape index (κ3) is 3.45. The summed E-state index contributed by atoms with van der Waals surface area (Å²) in [5.41, 5.74) is -0.0000818. The Morgan fingerprint density at radius 3 is 2.30 bits per heavy atom. The molecular weight excluding hydrogens is 266 g/mol. The third-order valence-electron chi connectivity index (χ3n) is 2.79. The molecule has 1 unspecified atom stereocenters. The average molecular weight is 280 g/mol. The second kappa shape index (κ2) is 6.34. The fourth-order valence-electron chi connectivity index (χ4n) is 1.71. The molecule has 0 saturated carbocycles. The molecule has 2 aromatic rings. The van der Waals surface area contributed by atoms with E-state index in [4.69, 9.17) is 9.47 Å². The quantitative estimate of drug-likeness (QED) is 0.914. The summed E-state index contributed by atoms with van der Waals surface area (Å²) < 4.78 is 36.6. The SMILES string of the molecule is COc1ccc(OCC(O)c2ccc(F)cc2F)cc1. The highest BCUT2D eigenvalue weighted by Gasteiger charge is 2.14. The summed E-state index contributed by atoms with van der Waals surface area (Å²) in [5, 5.41) is 9.84. The summed E-state index contributed by atoms with van der Waals surface area (Å²) in [6.07, 6.45) is -1.17. The zero-order valence-corrected chi connectivity index (χ0v) is 10.8. The summed E-state index contributed by atoms with van der Waals surface area (Å²) in [7, 11) is 1.55. The Labute approximate surface area is 115 Å². The number of methoxy groups -OCH3 is 1. The molecule has 0 spiro atoms. The first kappa shape index (κ1) is 14.3. The lowest BCUT2D eigenvalue weighted by Crippen LogP contribution is -2.11. The van der Waals surface area contributed by atoms with E-state index in [1.165, 1.54) is 6.07 Å². The summed E-state index contributed by atoms with van der Waals surface area (Å²) in [6, 6.07) is 9.78. The number of hydrogen-bond acceptors (Lipinski definition) is 3. The van der Waals surface area contributed by atoms with E-state index in [2.05, 4.69) is 0 Å². The zero-order valence-electron chi connectivity index (χ0n) is 10.8. The van der Waals surface area contributed by atoms with E-state index in [9.17, 15) is 13.9 Å². The van der Waals surface area contributed by atoms with Crippen LogP contribution in [-0.4, -0.2) is 18.8 Å². The average Bonchev–Trinajstić information content (AvgIpc) is 2.45. The Hall–Kier alpha value is -2.14. The number of halogens is 2. The van der Waals surface area contributed by atoms with Crippen molar-refractivity contribution < 1.29 is 23.4 Å². The van der Waals surface area contributed by atoms with Gasteiger partial charge in [-0.3, -0.25) is 0 Å². The van der Waals surface area contributed by atoms with E-state index in [0.29, 0.717) is 11.5 Å². The van der Waals surface area contributed by atoms with Crippen molar-refractivity contribution in [3.8, 4) is 11.5 Å². The predicted molar refractivity (Wildman–Crippen MR) is 69.8 cm³/mol. The lowest BCUT2D eigenvalue weighted by Gasteiger charge is -2.13. The van der Waals surface area contributed by atoms with E-state index >= 15 is 0 Å². The molecule has 106 valence electrons. The second-order valence-corrected chi connectivity index (χ2v) is 4.17. The monoisotopic (exact) mass is 280 g/mol. The molecule has 0 heterocycles. The molecule has 0 aliphatic carbocycles. The highest BCUT2D eigenvalue weighted by atomic mass is 19.1. The van der Waals surface area contributed by atoms with Crippen LogP contribution in [0.15, 0.2) is 42.5 Å². The van der Waals surface area contributed by atoms with Crippen LogP contribution in [0.25, 0.3) is 0 Å². The lowest BCUT2D eigenvalue weighted by molar-refractivity contribution is 0.105. The molecule has 5 heteroatoms. The molecular formula is C15H14F2O3. The van der Waals surface area contributed by atoms with Crippen LogP contribution in [0.3, 0.4) is 0 Å².